The summed E-state index contributed by atoms with van der Waals surface area (Å²) >= 11 is 1.56. The van der Waals surface area contributed by atoms with E-state index in [9.17, 15) is 10.1 Å². The Morgan fingerprint density at radius 3 is 2.84 bits per heavy atom. The summed E-state index contributed by atoms with van der Waals surface area (Å²) in [5.74, 6) is -0.189. The van der Waals surface area contributed by atoms with Gasteiger partial charge in [-0.3, -0.25) is 10.1 Å². The lowest BCUT2D eigenvalue weighted by Gasteiger charge is -2.10. The molecule has 1 atom stereocenters. The molecular weight excluding hydrogens is 260 g/mol. The van der Waals surface area contributed by atoms with E-state index in [2.05, 4.69) is 4.98 Å². The minimum Gasteiger partial charge on any atom is -0.361 e. The van der Waals surface area contributed by atoms with Crippen molar-refractivity contribution in [1.29, 1.82) is 0 Å². The van der Waals surface area contributed by atoms with Crippen molar-refractivity contribution >= 4 is 22.2 Å². The van der Waals surface area contributed by atoms with Crippen molar-refractivity contribution in [3.8, 4) is 0 Å². The zero-order valence-corrected chi connectivity index (χ0v) is 10.9. The average Bonchev–Trinajstić information content (AvgIpc) is 3.05. The number of hydrogen-bond donors (Lipinski definition) is 1. The molecule has 4 nitrogen and oxygen atoms in total. The highest BCUT2D eigenvalue weighted by molar-refractivity contribution is 7.10. The molecule has 2 aromatic heterocycles. The summed E-state index contributed by atoms with van der Waals surface area (Å²) in [6.07, 6.45) is 1.89. The van der Waals surface area contributed by atoms with Gasteiger partial charge in [0, 0.05) is 26.9 Å². The molecule has 0 radical (unpaired) electrons. The average molecular weight is 272 g/mol. The van der Waals surface area contributed by atoms with Crippen LogP contribution in [0.3, 0.4) is 0 Å². The molecule has 0 aliphatic carbocycles. The Labute approximate surface area is 113 Å². The second-order valence-electron chi connectivity index (χ2n) is 4.37. The quantitative estimate of drug-likeness (QED) is 0.582. The lowest BCUT2D eigenvalue weighted by molar-refractivity contribution is -0.481. The number of benzene rings is 1. The van der Waals surface area contributed by atoms with Crippen LogP contribution in [0.15, 0.2) is 48.0 Å². The summed E-state index contributed by atoms with van der Waals surface area (Å²) in [7, 11) is 0. The highest BCUT2D eigenvalue weighted by atomic mass is 32.1. The minimum absolute atomic E-state index is 0.0810. The fraction of sp³-hybridized carbons (Fsp3) is 0.143. The number of rotatable bonds is 4. The normalized spacial score (nSPS) is 12.6. The topological polar surface area (TPSA) is 58.9 Å². The van der Waals surface area contributed by atoms with Crippen molar-refractivity contribution in [1.82, 2.24) is 4.98 Å². The van der Waals surface area contributed by atoms with Gasteiger partial charge in [-0.2, -0.15) is 0 Å². The Bertz CT molecular complexity index is 703. The first-order valence-corrected chi connectivity index (χ1v) is 6.85. The first kappa shape index (κ1) is 11.9. The van der Waals surface area contributed by atoms with Gasteiger partial charge in [-0.15, -0.1) is 11.3 Å². The molecule has 0 fully saturated rings. The third kappa shape index (κ3) is 2.24. The van der Waals surface area contributed by atoms with Crippen molar-refractivity contribution in [2.75, 3.05) is 6.54 Å². The number of H-pyrrole nitrogens is 1. The standard InChI is InChI=1S/C14H12N2O2S/c17-16(18)9-12(14-6-3-7-19-14)11-8-15-13-5-2-1-4-10(11)13/h1-8,12,15H,9H2. The van der Waals surface area contributed by atoms with Crippen LogP contribution in [-0.4, -0.2) is 16.5 Å². The molecule has 1 N–H and O–H groups in total. The van der Waals surface area contributed by atoms with Gasteiger partial charge in [0.15, 0.2) is 0 Å². The van der Waals surface area contributed by atoms with E-state index in [1.807, 2.05) is 48.0 Å². The van der Waals surface area contributed by atoms with Crippen molar-refractivity contribution in [3.63, 3.8) is 0 Å². The van der Waals surface area contributed by atoms with Crippen molar-refractivity contribution in [2.45, 2.75) is 5.92 Å². The van der Waals surface area contributed by atoms with E-state index >= 15 is 0 Å². The molecule has 0 saturated carbocycles. The van der Waals surface area contributed by atoms with Gasteiger partial charge in [-0.05, 0) is 23.1 Å². The van der Waals surface area contributed by atoms with Gasteiger partial charge in [0.1, 0.15) is 0 Å². The van der Waals surface area contributed by atoms with Gasteiger partial charge in [-0.1, -0.05) is 24.3 Å². The van der Waals surface area contributed by atoms with Gasteiger partial charge in [-0.25, -0.2) is 0 Å². The molecule has 0 aliphatic heterocycles. The first-order chi connectivity index (χ1) is 9.25. The molecular formula is C14H12N2O2S. The fourth-order valence-corrected chi connectivity index (χ4v) is 3.20. The second kappa shape index (κ2) is 4.85. The van der Waals surface area contributed by atoms with Crippen LogP contribution >= 0.6 is 11.3 Å². The van der Waals surface area contributed by atoms with Crippen LogP contribution in [0.4, 0.5) is 0 Å². The third-order valence-electron chi connectivity index (χ3n) is 3.21. The van der Waals surface area contributed by atoms with Gasteiger partial charge in [0.25, 0.3) is 0 Å². The SMILES string of the molecule is O=[N+]([O-])CC(c1cccs1)c1c[nH]c2ccccc12. The Balaban J connectivity index is 2.11. The Morgan fingerprint density at radius 1 is 1.26 bits per heavy atom. The number of thiophene rings is 1. The Kier molecular flexibility index (Phi) is 3.05. The van der Waals surface area contributed by atoms with Crippen molar-refractivity contribution in [2.24, 2.45) is 0 Å². The van der Waals surface area contributed by atoms with E-state index in [1.165, 1.54) is 0 Å². The summed E-state index contributed by atoms with van der Waals surface area (Å²) in [6.45, 7) is -0.0810. The molecule has 2 heterocycles. The molecule has 96 valence electrons. The fourth-order valence-electron chi connectivity index (χ4n) is 2.36. The van der Waals surface area contributed by atoms with Crippen molar-refractivity contribution < 1.29 is 4.92 Å². The second-order valence-corrected chi connectivity index (χ2v) is 5.35. The van der Waals surface area contributed by atoms with E-state index in [0.717, 1.165) is 21.3 Å². The molecule has 5 heteroatoms. The lowest BCUT2D eigenvalue weighted by atomic mass is 9.97. The smallest absolute Gasteiger partial charge is 0.215 e. The van der Waals surface area contributed by atoms with Crippen LogP contribution in [-0.2, 0) is 0 Å². The number of para-hydroxylation sites is 1. The van der Waals surface area contributed by atoms with Crippen LogP contribution in [0.25, 0.3) is 10.9 Å². The summed E-state index contributed by atoms with van der Waals surface area (Å²) < 4.78 is 0. The summed E-state index contributed by atoms with van der Waals surface area (Å²) in [5.41, 5.74) is 2.01. The predicted molar refractivity (Wildman–Crippen MR) is 76.3 cm³/mol. The Hall–Kier alpha value is -2.14. The van der Waals surface area contributed by atoms with Crippen LogP contribution in [0, 0.1) is 10.1 Å². The molecule has 0 spiro atoms. The Morgan fingerprint density at radius 2 is 2.11 bits per heavy atom. The highest BCUT2D eigenvalue weighted by Gasteiger charge is 2.23. The minimum atomic E-state index is -0.244. The van der Waals surface area contributed by atoms with Crippen LogP contribution < -0.4 is 0 Å². The van der Waals surface area contributed by atoms with E-state index in [-0.39, 0.29) is 17.4 Å². The largest absolute Gasteiger partial charge is 0.361 e. The third-order valence-corrected chi connectivity index (χ3v) is 4.20. The van der Waals surface area contributed by atoms with Gasteiger partial charge >= 0.3 is 0 Å². The summed E-state index contributed by atoms with van der Waals surface area (Å²) in [5, 5.41) is 13.9. The number of fused-ring (bicyclic) bond motifs is 1. The molecule has 19 heavy (non-hydrogen) atoms. The molecule has 0 bridgehead atoms. The number of hydrogen-bond acceptors (Lipinski definition) is 3. The van der Waals surface area contributed by atoms with Gasteiger partial charge < -0.3 is 4.98 Å². The number of nitrogens with zero attached hydrogens (tertiary/aromatic N) is 1. The van der Waals surface area contributed by atoms with E-state index < -0.39 is 0 Å². The molecule has 0 saturated heterocycles. The molecule has 1 unspecified atom stereocenters. The molecule has 1 aromatic carbocycles. The van der Waals surface area contributed by atoms with Crippen LogP contribution in [0.2, 0.25) is 0 Å². The van der Waals surface area contributed by atoms with Crippen LogP contribution in [0.5, 0.6) is 0 Å². The maximum Gasteiger partial charge on any atom is 0.215 e. The summed E-state index contributed by atoms with van der Waals surface area (Å²) in [6, 6.07) is 11.8. The molecule has 0 aliphatic rings. The number of aromatic nitrogens is 1. The van der Waals surface area contributed by atoms with E-state index in [1.54, 1.807) is 11.3 Å². The monoisotopic (exact) mass is 272 g/mol. The number of nitrogens with one attached hydrogen (secondary N) is 1. The maximum absolute atomic E-state index is 10.9. The molecule has 3 rings (SSSR count). The van der Waals surface area contributed by atoms with Gasteiger partial charge in [0.2, 0.25) is 6.54 Å². The zero-order chi connectivity index (χ0) is 13.2. The van der Waals surface area contributed by atoms with Crippen LogP contribution in [0.1, 0.15) is 16.4 Å². The first-order valence-electron chi connectivity index (χ1n) is 5.97. The predicted octanol–water partition coefficient (Wildman–Crippen LogP) is 3.64. The molecule has 3 aromatic rings. The van der Waals surface area contributed by atoms with Gasteiger partial charge in [0.05, 0.1) is 5.92 Å². The molecule has 0 amide bonds. The number of aromatic amines is 1. The number of nitro groups is 1. The van der Waals surface area contributed by atoms with Crippen molar-refractivity contribution in [3.05, 3.63) is 68.5 Å². The summed E-state index contributed by atoms with van der Waals surface area (Å²) in [4.78, 5) is 14.9. The maximum atomic E-state index is 10.9. The zero-order valence-electron chi connectivity index (χ0n) is 10.1. The van der Waals surface area contributed by atoms with E-state index in [4.69, 9.17) is 0 Å². The van der Waals surface area contributed by atoms with E-state index in [0.29, 0.717) is 0 Å². The highest BCUT2D eigenvalue weighted by Crippen LogP contribution is 2.33. The lowest BCUT2D eigenvalue weighted by Crippen LogP contribution is -2.12.